The number of hydrogen-bond acceptors (Lipinski definition) is 3. The lowest BCUT2D eigenvalue weighted by Gasteiger charge is -2.29. The van der Waals surface area contributed by atoms with Crippen LogP contribution >= 0.6 is 0 Å². The van der Waals surface area contributed by atoms with Gasteiger partial charge in [0.2, 0.25) is 0 Å². The van der Waals surface area contributed by atoms with Crippen molar-refractivity contribution in [2.24, 2.45) is 0 Å². The van der Waals surface area contributed by atoms with Gasteiger partial charge < -0.3 is 20.5 Å². The first-order chi connectivity index (χ1) is 10.7. The summed E-state index contributed by atoms with van der Waals surface area (Å²) >= 11 is 0. The van der Waals surface area contributed by atoms with Crippen LogP contribution in [0.15, 0.2) is 18.2 Å². The molecule has 1 fully saturated rings. The zero-order valence-corrected chi connectivity index (χ0v) is 13.0. The first-order valence-corrected chi connectivity index (χ1v) is 8.10. The second kappa shape index (κ2) is 6.57. The molecule has 1 aromatic rings. The van der Waals surface area contributed by atoms with Gasteiger partial charge in [0.1, 0.15) is 5.75 Å². The van der Waals surface area contributed by atoms with Crippen LogP contribution in [0, 0.1) is 0 Å². The van der Waals surface area contributed by atoms with Gasteiger partial charge in [-0.05, 0) is 42.9 Å². The minimum atomic E-state index is -0.421. The van der Waals surface area contributed by atoms with E-state index in [9.17, 15) is 9.90 Å². The molecule has 1 aromatic carbocycles. The monoisotopic (exact) mass is 304 g/mol. The van der Waals surface area contributed by atoms with Gasteiger partial charge in [-0.25, -0.2) is 4.79 Å². The lowest BCUT2D eigenvalue weighted by molar-refractivity contribution is 0.0940. The van der Waals surface area contributed by atoms with Crippen LogP contribution < -0.4 is 15.4 Å². The highest BCUT2D eigenvalue weighted by Crippen LogP contribution is 2.36. The topological polar surface area (TPSA) is 70.6 Å². The lowest BCUT2D eigenvalue weighted by atomic mass is 9.93. The molecule has 3 N–H and O–H groups in total. The maximum atomic E-state index is 12.2. The minimum absolute atomic E-state index is 0.0193. The third kappa shape index (κ3) is 3.04. The Balaban J connectivity index is 1.62. The summed E-state index contributed by atoms with van der Waals surface area (Å²) in [6.07, 6.45) is 5.10. The van der Waals surface area contributed by atoms with Crippen LogP contribution in [-0.2, 0) is 6.42 Å². The Hall–Kier alpha value is -1.75. The van der Waals surface area contributed by atoms with Gasteiger partial charge >= 0.3 is 6.03 Å². The van der Waals surface area contributed by atoms with Crippen LogP contribution in [0.5, 0.6) is 5.75 Å². The van der Waals surface area contributed by atoms with Crippen molar-refractivity contribution in [3.8, 4) is 5.75 Å². The van der Waals surface area contributed by atoms with Crippen molar-refractivity contribution in [3.05, 3.63) is 29.3 Å². The highest BCUT2D eigenvalue weighted by Gasteiger charge is 2.28. The second-order valence-corrected chi connectivity index (χ2v) is 6.20. The molecular formula is C17H24N2O3. The predicted molar refractivity (Wildman–Crippen MR) is 84.0 cm³/mol. The molecule has 3 unspecified atom stereocenters. The van der Waals surface area contributed by atoms with Gasteiger partial charge in [0.25, 0.3) is 0 Å². The average Bonchev–Trinajstić information content (AvgIpc) is 2.92. The molecule has 1 saturated carbocycles. The lowest BCUT2D eigenvalue weighted by Crippen LogP contribution is -2.49. The fourth-order valence-corrected chi connectivity index (χ4v) is 3.61. The molecule has 0 aromatic heterocycles. The molecule has 0 bridgehead atoms. The third-order valence-electron chi connectivity index (χ3n) is 4.80. The number of rotatable bonds is 3. The zero-order chi connectivity index (χ0) is 15.5. The molecule has 3 rings (SSSR count). The smallest absolute Gasteiger partial charge is 0.315 e. The molecule has 3 atom stereocenters. The van der Waals surface area contributed by atoms with E-state index in [1.165, 1.54) is 5.56 Å². The van der Waals surface area contributed by atoms with Crippen LogP contribution in [0.3, 0.4) is 0 Å². The van der Waals surface area contributed by atoms with Gasteiger partial charge in [0, 0.05) is 0 Å². The summed E-state index contributed by atoms with van der Waals surface area (Å²) in [7, 11) is 1.67. The number of aliphatic hydroxyl groups is 1. The fraction of sp³-hybridized carbons (Fsp3) is 0.588. The van der Waals surface area contributed by atoms with E-state index in [4.69, 9.17) is 4.74 Å². The van der Waals surface area contributed by atoms with Crippen molar-refractivity contribution < 1.29 is 14.6 Å². The Morgan fingerprint density at radius 3 is 2.82 bits per heavy atom. The molecule has 2 aliphatic carbocycles. The number of hydrogen-bond donors (Lipinski definition) is 3. The summed E-state index contributed by atoms with van der Waals surface area (Å²) in [6, 6.07) is 5.67. The quantitative estimate of drug-likeness (QED) is 0.802. The van der Waals surface area contributed by atoms with E-state index in [0.29, 0.717) is 0 Å². The third-order valence-corrected chi connectivity index (χ3v) is 4.80. The predicted octanol–water partition coefficient (Wildman–Crippen LogP) is 2.29. The number of fused-ring (bicyclic) bond motifs is 1. The van der Waals surface area contributed by atoms with Crippen LogP contribution in [-0.4, -0.2) is 30.4 Å². The highest BCUT2D eigenvalue weighted by atomic mass is 16.5. The van der Waals surface area contributed by atoms with Gasteiger partial charge in [-0.2, -0.15) is 0 Å². The number of nitrogens with one attached hydrogen (secondary N) is 2. The largest absolute Gasteiger partial charge is 0.496 e. The summed E-state index contributed by atoms with van der Waals surface area (Å²) in [6.45, 7) is 0. The summed E-state index contributed by atoms with van der Waals surface area (Å²) in [5.74, 6) is 0.893. The van der Waals surface area contributed by atoms with Crippen LogP contribution in [0.25, 0.3) is 0 Å². The number of amides is 2. The van der Waals surface area contributed by atoms with Crippen LogP contribution in [0.4, 0.5) is 4.79 Å². The highest BCUT2D eigenvalue weighted by molar-refractivity contribution is 5.75. The van der Waals surface area contributed by atoms with E-state index in [0.717, 1.165) is 49.8 Å². The molecule has 0 spiro atoms. The van der Waals surface area contributed by atoms with E-state index in [1.807, 2.05) is 18.2 Å². The maximum absolute atomic E-state index is 12.2. The standard InChI is InChI=1S/C17H24N2O3/c1-22-16-8-4-5-11-12(16)9-10-13(11)18-17(21)19-14-6-2-3-7-15(14)20/h4-5,8,13-15,20H,2-3,6-7,9-10H2,1H3,(H2,18,19,21). The minimum Gasteiger partial charge on any atom is -0.496 e. The van der Waals surface area contributed by atoms with Gasteiger partial charge in [-0.15, -0.1) is 0 Å². The molecule has 22 heavy (non-hydrogen) atoms. The number of methoxy groups -OCH3 is 1. The normalized spacial score (nSPS) is 27.1. The Morgan fingerprint density at radius 2 is 2.05 bits per heavy atom. The zero-order valence-electron chi connectivity index (χ0n) is 13.0. The van der Waals surface area contributed by atoms with Crippen molar-refractivity contribution >= 4 is 6.03 Å². The van der Waals surface area contributed by atoms with E-state index in [-0.39, 0.29) is 18.1 Å². The molecule has 0 aliphatic heterocycles. The van der Waals surface area contributed by atoms with E-state index < -0.39 is 6.10 Å². The number of carbonyl (C=O) groups excluding carboxylic acids is 1. The molecular weight excluding hydrogens is 280 g/mol. The van der Waals surface area contributed by atoms with E-state index in [1.54, 1.807) is 7.11 Å². The van der Waals surface area contributed by atoms with E-state index >= 15 is 0 Å². The number of ether oxygens (including phenoxy) is 1. The number of urea groups is 1. The Morgan fingerprint density at radius 1 is 1.23 bits per heavy atom. The molecule has 0 heterocycles. The van der Waals surface area contributed by atoms with Crippen LogP contribution in [0.2, 0.25) is 0 Å². The molecule has 5 heteroatoms. The molecule has 120 valence electrons. The van der Waals surface area contributed by atoms with Crippen molar-refractivity contribution in [2.75, 3.05) is 7.11 Å². The van der Waals surface area contributed by atoms with Gasteiger partial charge in [-0.3, -0.25) is 0 Å². The van der Waals surface area contributed by atoms with E-state index in [2.05, 4.69) is 10.6 Å². The summed E-state index contributed by atoms with van der Waals surface area (Å²) in [5, 5.41) is 15.9. The molecule has 0 radical (unpaired) electrons. The molecule has 2 amide bonds. The SMILES string of the molecule is COc1cccc2c1CCC2NC(=O)NC1CCCCC1O. The van der Waals surface area contributed by atoms with Crippen molar-refractivity contribution in [1.82, 2.24) is 10.6 Å². The number of aliphatic hydroxyl groups excluding tert-OH is 1. The van der Waals surface area contributed by atoms with Crippen molar-refractivity contribution in [1.29, 1.82) is 0 Å². The summed E-state index contributed by atoms with van der Waals surface area (Å²) in [5.41, 5.74) is 2.33. The second-order valence-electron chi connectivity index (χ2n) is 6.20. The van der Waals surface area contributed by atoms with Crippen molar-refractivity contribution in [2.45, 2.75) is 56.7 Å². The van der Waals surface area contributed by atoms with Crippen molar-refractivity contribution in [3.63, 3.8) is 0 Å². The molecule has 0 saturated heterocycles. The van der Waals surface area contributed by atoms with Gasteiger partial charge in [0.05, 0.1) is 25.3 Å². The van der Waals surface area contributed by atoms with Gasteiger partial charge in [-0.1, -0.05) is 25.0 Å². The number of benzene rings is 1. The average molecular weight is 304 g/mol. The van der Waals surface area contributed by atoms with Crippen LogP contribution in [0.1, 0.15) is 49.3 Å². The summed E-state index contributed by atoms with van der Waals surface area (Å²) in [4.78, 5) is 12.2. The number of carbonyl (C=O) groups is 1. The van der Waals surface area contributed by atoms with Gasteiger partial charge in [0.15, 0.2) is 0 Å². The first-order valence-electron chi connectivity index (χ1n) is 8.10. The summed E-state index contributed by atoms with van der Waals surface area (Å²) < 4.78 is 5.38. The molecule has 5 nitrogen and oxygen atoms in total. The fourth-order valence-electron chi connectivity index (χ4n) is 3.61. The molecule has 2 aliphatic rings. The Bertz CT molecular complexity index is 547. The Labute approximate surface area is 131 Å². The maximum Gasteiger partial charge on any atom is 0.315 e. The Kier molecular flexibility index (Phi) is 4.52. The first kappa shape index (κ1) is 15.2.